The summed E-state index contributed by atoms with van der Waals surface area (Å²) in [5.74, 6) is 2.36. The molecule has 3 N–H and O–H groups in total. The molecule has 0 aromatic heterocycles. The minimum atomic E-state index is -0.965. The van der Waals surface area contributed by atoms with Crippen LogP contribution in [0, 0.1) is 0 Å². The zero-order chi connectivity index (χ0) is 22.6. The minimum Gasteiger partial charge on any atom is -0.485 e. The fourth-order valence-electron chi connectivity index (χ4n) is 3.07. The Labute approximate surface area is 183 Å². The van der Waals surface area contributed by atoms with Crippen LogP contribution in [0.4, 0.5) is 17.1 Å². The number of fused-ring (bicyclic) bond motifs is 2. The topological polar surface area (TPSA) is 82.4 Å². The lowest BCUT2D eigenvalue weighted by Gasteiger charge is -2.37. The molecule has 0 atom stereocenters. The fourth-order valence-corrected chi connectivity index (χ4v) is 3.07. The van der Waals surface area contributed by atoms with Gasteiger partial charge < -0.3 is 29.5 Å². The molecule has 0 aliphatic carbocycles. The average molecular weight is 420 g/mol. The van der Waals surface area contributed by atoms with Crippen molar-refractivity contribution < 1.29 is 24.6 Å². The number of anilines is 3. The summed E-state index contributed by atoms with van der Waals surface area (Å²) in [6.07, 6.45) is 0. The highest BCUT2D eigenvalue weighted by atomic mass is 16.5. The molecule has 3 aromatic carbocycles. The summed E-state index contributed by atoms with van der Waals surface area (Å²) < 4.78 is 12.1. The van der Waals surface area contributed by atoms with Gasteiger partial charge in [-0.3, -0.25) is 0 Å². The Bertz CT molecular complexity index is 969. The Morgan fingerprint density at radius 3 is 1.68 bits per heavy atom. The van der Waals surface area contributed by atoms with Gasteiger partial charge in [-0.1, -0.05) is 24.3 Å². The van der Waals surface area contributed by atoms with Crippen LogP contribution in [0.2, 0.25) is 0 Å². The van der Waals surface area contributed by atoms with Crippen molar-refractivity contribution in [2.45, 2.75) is 38.9 Å². The predicted molar refractivity (Wildman–Crippen MR) is 122 cm³/mol. The lowest BCUT2D eigenvalue weighted by Crippen LogP contribution is -2.49. The van der Waals surface area contributed by atoms with Crippen LogP contribution < -0.4 is 14.4 Å². The number of nitrogens with zero attached hydrogens (tertiary/aromatic N) is 1. The van der Waals surface area contributed by atoms with E-state index in [1.54, 1.807) is 13.8 Å². The van der Waals surface area contributed by atoms with Gasteiger partial charge in [0, 0.05) is 5.69 Å². The van der Waals surface area contributed by atoms with Crippen molar-refractivity contribution in [3.63, 3.8) is 0 Å². The van der Waals surface area contributed by atoms with Crippen molar-refractivity contribution in [3.05, 3.63) is 72.8 Å². The van der Waals surface area contributed by atoms with E-state index < -0.39 is 11.2 Å². The normalized spacial score (nSPS) is 12.5. The molecule has 0 bridgehead atoms. The number of hydrogen-bond acceptors (Lipinski definition) is 6. The van der Waals surface area contributed by atoms with Crippen LogP contribution in [0.1, 0.15) is 27.7 Å². The number of hydrogen-bond donors (Lipinski definition) is 3. The second-order valence-electron chi connectivity index (χ2n) is 8.15. The van der Waals surface area contributed by atoms with E-state index >= 15 is 0 Å². The number of benzene rings is 3. The van der Waals surface area contributed by atoms with Crippen LogP contribution in [0.5, 0.6) is 17.2 Å². The van der Waals surface area contributed by atoms with E-state index in [1.807, 2.05) is 86.6 Å². The fraction of sp³-hybridized carbons (Fsp3) is 0.250. The van der Waals surface area contributed by atoms with Crippen LogP contribution in [-0.2, 0) is 0 Å². The molecule has 1 heterocycles. The second kappa shape index (κ2) is 9.02. The zero-order valence-corrected chi connectivity index (χ0v) is 18.1. The number of rotatable bonds is 4. The van der Waals surface area contributed by atoms with Gasteiger partial charge in [0.1, 0.15) is 11.4 Å². The van der Waals surface area contributed by atoms with Gasteiger partial charge in [0.05, 0.1) is 17.0 Å². The van der Waals surface area contributed by atoms with Crippen molar-refractivity contribution in [3.8, 4) is 17.2 Å². The summed E-state index contributed by atoms with van der Waals surface area (Å²) >= 11 is 0. The van der Waals surface area contributed by atoms with Gasteiger partial charge in [0.25, 0.3) is 0 Å². The molecule has 1 aliphatic heterocycles. The third-order valence-electron chi connectivity index (χ3n) is 5.37. The van der Waals surface area contributed by atoms with Gasteiger partial charge in [0.15, 0.2) is 11.5 Å². The molecule has 0 amide bonds. The van der Waals surface area contributed by atoms with Crippen molar-refractivity contribution in [2.75, 3.05) is 4.90 Å². The summed E-state index contributed by atoms with van der Waals surface area (Å²) in [7, 11) is 0. The van der Waals surface area contributed by atoms with Crippen LogP contribution >= 0.6 is 0 Å². The molecule has 161 valence electrons. The van der Waals surface area contributed by atoms with Crippen LogP contribution in [0.25, 0.3) is 0 Å². The molecular weight excluding hydrogens is 393 g/mol. The third kappa shape index (κ3) is 4.85. The molecule has 0 fully saturated rings. The highest BCUT2D eigenvalue weighted by Crippen LogP contribution is 2.50. The standard InChI is InChI=1S/C24H25NO3.BH2O2/c1-23(2,26)24(3,4)28-18-15-13-17(14-16-18)25-19-9-5-7-11-21(19)27-22-12-8-6-10-20(22)25;2-1-3/h5-16,26H,1-4H3;2-3H. The molecule has 0 spiro atoms. The average Bonchev–Trinajstić information content (AvgIpc) is 2.72. The van der Waals surface area contributed by atoms with Gasteiger partial charge in [-0.15, -0.1) is 0 Å². The Hall–Kier alpha value is -3.00. The van der Waals surface area contributed by atoms with E-state index in [2.05, 4.69) is 4.90 Å². The summed E-state index contributed by atoms with van der Waals surface area (Å²) in [5.41, 5.74) is 1.32. The first kappa shape index (κ1) is 22.7. The summed E-state index contributed by atoms with van der Waals surface area (Å²) in [6, 6.07) is 23.9. The Morgan fingerprint density at radius 2 is 1.23 bits per heavy atom. The predicted octanol–water partition coefficient (Wildman–Crippen LogP) is 4.70. The highest BCUT2D eigenvalue weighted by Gasteiger charge is 2.37. The Balaban J connectivity index is 0.000000858. The molecule has 1 aliphatic rings. The van der Waals surface area contributed by atoms with Gasteiger partial charge in [-0.25, -0.2) is 0 Å². The summed E-state index contributed by atoms with van der Waals surface area (Å²) in [6.45, 7) is 7.27. The van der Waals surface area contributed by atoms with E-state index in [0.29, 0.717) is 5.75 Å². The Morgan fingerprint density at radius 1 is 0.774 bits per heavy atom. The van der Waals surface area contributed by atoms with Gasteiger partial charge in [-0.05, 0) is 76.2 Å². The first-order chi connectivity index (χ1) is 14.7. The monoisotopic (exact) mass is 420 g/mol. The quantitative estimate of drug-likeness (QED) is 0.416. The maximum absolute atomic E-state index is 10.3. The molecule has 7 heteroatoms. The highest BCUT2D eigenvalue weighted by molar-refractivity contribution is 6.13. The van der Waals surface area contributed by atoms with Gasteiger partial charge in [-0.2, -0.15) is 0 Å². The number of ether oxygens (including phenoxy) is 2. The van der Waals surface area contributed by atoms with E-state index in [9.17, 15) is 5.11 Å². The molecule has 6 nitrogen and oxygen atoms in total. The first-order valence-electron chi connectivity index (χ1n) is 9.95. The molecule has 0 saturated carbocycles. The molecule has 1 radical (unpaired) electrons. The Kier molecular flexibility index (Phi) is 6.60. The van der Waals surface area contributed by atoms with E-state index in [-0.39, 0.29) is 7.69 Å². The molecule has 0 saturated heterocycles. The zero-order valence-electron chi connectivity index (χ0n) is 18.1. The largest absolute Gasteiger partial charge is 0.485 e. The molecule has 0 unspecified atom stereocenters. The van der Waals surface area contributed by atoms with Crippen LogP contribution in [0.3, 0.4) is 0 Å². The lowest BCUT2D eigenvalue weighted by atomic mass is 9.89. The summed E-state index contributed by atoms with van der Waals surface area (Å²) in [5, 5.41) is 24.3. The van der Waals surface area contributed by atoms with E-state index in [0.717, 1.165) is 28.6 Å². The number of aliphatic hydroxyl groups is 1. The molecule has 3 aromatic rings. The number of para-hydroxylation sites is 4. The third-order valence-corrected chi connectivity index (χ3v) is 5.37. The lowest BCUT2D eigenvalue weighted by molar-refractivity contribution is -0.0906. The maximum Gasteiger partial charge on any atom is 0.482 e. The van der Waals surface area contributed by atoms with Crippen molar-refractivity contribution in [1.29, 1.82) is 0 Å². The second-order valence-corrected chi connectivity index (χ2v) is 8.15. The molecular formula is C24H27BNO5. The van der Waals surface area contributed by atoms with Crippen LogP contribution in [0.15, 0.2) is 72.8 Å². The van der Waals surface area contributed by atoms with Crippen molar-refractivity contribution in [1.82, 2.24) is 0 Å². The van der Waals surface area contributed by atoms with Crippen molar-refractivity contribution in [2.24, 2.45) is 0 Å². The SMILES string of the molecule is CC(C)(O)C(C)(C)Oc1ccc(N2c3ccccc3Oc3ccccc32)cc1.O[B]O. The first-order valence-corrected chi connectivity index (χ1v) is 9.95. The van der Waals surface area contributed by atoms with Crippen LogP contribution in [-0.4, -0.2) is 34.0 Å². The molecule has 31 heavy (non-hydrogen) atoms. The minimum absolute atomic E-state index is 0. The van der Waals surface area contributed by atoms with Gasteiger partial charge in [0.2, 0.25) is 0 Å². The maximum atomic E-state index is 10.3. The molecule has 4 rings (SSSR count). The summed E-state index contributed by atoms with van der Waals surface area (Å²) in [4.78, 5) is 2.18. The van der Waals surface area contributed by atoms with Crippen molar-refractivity contribution >= 4 is 24.7 Å². The van der Waals surface area contributed by atoms with Gasteiger partial charge >= 0.3 is 7.69 Å². The smallest absolute Gasteiger partial charge is 0.482 e. The van der Waals surface area contributed by atoms with E-state index in [4.69, 9.17) is 19.5 Å². The van der Waals surface area contributed by atoms with E-state index in [1.165, 1.54) is 0 Å².